The van der Waals surface area contributed by atoms with Crippen LogP contribution in [0.4, 0.5) is 6.01 Å². The lowest BCUT2D eigenvalue weighted by atomic mass is 10.1. The molecule has 1 aromatic heterocycles. The summed E-state index contributed by atoms with van der Waals surface area (Å²) in [5.41, 5.74) is 8.55. The van der Waals surface area contributed by atoms with Gasteiger partial charge in [-0.25, -0.2) is 0 Å². The highest BCUT2D eigenvalue weighted by Crippen LogP contribution is 2.22. The van der Waals surface area contributed by atoms with Gasteiger partial charge in [0.05, 0.1) is 6.04 Å². The van der Waals surface area contributed by atoms with Crippen LogP contribution in [0, 0.1) is 0 Å². The normalized spacial score (nSPS) is 12.5. The van der Waals surface area contributed by atoms with E-state index in [0.717, 1.165) is 16.7 Å². The topological polar surface area (TPSA) is 64.1 Å². The van der Waals surface area contributed by atoms with Crippen molar-refractivity contribution >= 4 is 17.1 Å². The van der Waals surface area contributed by atoms with Crippen LogP contribution in [0.3, 0.4) is 0 Å². The van der Waals surface area contributed by atoms with E-state index in [1.807, 2.05) is 54.6 Å². The maximum absolute atomic E-state index is 5.81. The van der Waals surface area contributed by atoms with Crippen molar-refractivity contribution < 1.29 is 4.42 Å². The Morgan fingerprint density at radius 2 is 1.79 bits per heavy atom. The summed E-state index contributed by atoms with van der Waals surface area (Å²) in [5.74, 6) is 0. The smallest absolute Gasteiger partial charge is 0.296 e. The highest BCUT2D eigenvalue weighted by Gasteiger charge is 2.12. The Hall–Kier alpha value is -2.33. The Labute approximate surface area is 111 Å². The molecule has 4 nitrogen and oxygen atoms in total. The molecule has 19 heavy (non-hydrogen) atoms. The number of para-hydroxylation sites is 2. The van der Waals surface area contributed by atoms with Crippen molar-refractivity contribution in [3.8, 4) is 0 Å². The molecule has 1 unspecified atom stereocenters. The van der Waals surface area contributed by atoms with E-state index in [2.05, 4.69) is 10.3 Å². The molecule has 0 aliphatic rings. The first-order valence-corrected chi connectivity index (χ1v) is 6.24. The van der Waals surface area contributed by atoms with Crippen LogP contribution in [0.15, 0.2) is 59.0 Å². The lowest BCUT2D eigenvalue weighted by molar-refractivity contribution is 0.598. The number of nitrogens with zero attached hydrogens (tertiary/aromatic N) is 1. The SMILES string of the molecule is NCC(Nc1nc2ccccc2o1)c1ccccc1. The molecule has 3 N–H and O–H groups in total. The van der Waals surface area contributed by atoms with Crippen LogP contribution in [-0.2, 0) is 0 Å². The summed E-state index contributed by atoms with van der Waals surface area (Å²) in [4.78, 5) is 4.39. The molecule has 1 atom stereocenters. The predicted molar refractivity (Wildman–Crippen MR) is 75.9 cm³/mol. The number of rotatable bonds is 4. The fourth-order valence-corrected chi connectivity index (χ4v) is 2.05. The predicted octanol–water partition coefficient (Wildman–Crippen LogP) is 2.94. The third kappa shape index (κ3) is 2.44. The van der Waals surface area contributed by atoms with Crippen molar-refractivity contribution in [2.45, 2.75) is 6.04 Å². The number of nitrogens with one attached hydrogen (secondary N) is 1. The van der Waals surface area contributed by atoms with Gasteiger partial charge in [0.15, 0.2) is 5.58 Å². The van der Waals surface area contributed by atoms with Crippen LogP contribution in [0.5, 0.6) is 0 Å². The van der Waals surface area contributed by atoms with Crippen molar-refractivity contribution in [1.29, 1.82) is 0 Å². The molecule has 1 heterocycles. The summed E-state index contributed by atoms with van der Waals surface area (Å²) in [7, 11) is 0. The molecule has 4 heteroatoms. The van der Waals surface area contributed by atoms with Gasteiger partial charge in [-0.15, -0.1) is 0 Å². The monoisotopic (exact) mass is 253 g/mol. The molecule has 0 aliphatic heterocycles. The van der Waals surface area contributed by atoms with E-state index in [1.165, 1.54) is 0 Å². The van der Waals surface area contributed by atoms with Crippen molar-refractivity contribution in [3.05, 3.63) is 60.2 Å². The van der Waals surface area contributed by atoms with Crippen molar-refractivity contribution in [2.24, 2.45) is 5.73 Å². The zero-order valence-electron chi connectivity index (χ0n) is 10.4. The second kappa shape index (κ2) is 5.12. The third-order valence-electron chi connectivity index (χ3n) is 3.03. The fraction of sp³-hybridized carbons (Fsp3) is 0.133. The Kier molecular flexibility index (Phi) is 3.16. The van der Waals surface area contributed by atoms with Crippen LogP contribution in [0.2, 0.25) is 0 Å². The number of hydrogen-bond acceptors (Lipinski definition) is 4. The fourth-order valence-electron chi connectivity index (χ4n) is 2.05. The quantitative estimate of drug-likeness (QED) is 0.750. The Morgan fingerprint density at radius 1 is 1.05 bits per heavy atom. The van der Waals surface area contributed by atoms with Crippen LogP contribution < -0.4 is 11.1 Å². The molecule has 0 bridgehead atoms. The van der Waals surface area contributed by atoms with Gasteiger partial charge < -0.3 is 15.5 Å². The molecule has 2 aromatic carbocycles. The van der Waals surface area contributed by atoms with Gasteiger partial charge in [0, 0.05) is 6.54 Å². The van der Waals surface area contributed by atoms with Gasteiger partial charge in [-0.3, -0.25) is 0 Å². The lowest BCUT2D eigenvalue weighted by Crippen LogP contribution is -2.20. The Bertz CT molecular complexity index is 630. The van der Waals surface area contributed by atoms with Crippen LogP contribution in [0.25, 0.3) is 11.1 Å². The molecule has 0 saturated carbocycles. The molecular weight excluding hydrogens is 238 g/mol. The molecule has 3 aromatic rings. The maximum atomic E-state index is 5.81. The molecule has 3 rings (SSSR count). The number of hydrogen-bond donors (Lipinski definition) is 2. The third-order valence-corrected chi connectivity index (χ3v) is 3.03. The summed E-state index contributed by atoms with van der Waals surface area (Å²) >= 11 is 0. The first-order valence-electron chi connectivity index (χ1n) is 6.24. The van der Waals surface area contributed by atoms with E-state index in [4.69, 9.17) is 10.2 Å². The summed E-state index contributed by atoms with van der Waals surface area (Å²) in [6.07, 6.45) is 0. The first-order chi connectivity index (χ1) is 9.36. The second-order valence-electron chi connectivity index (χ2n) is 4.33. The molecule has 0 saturated heterocycles. The minimum Gasteiger partial charge on any atom is -0.424 e. The van der Waals surface area contributed by atoms with Crippen LogP contribution in [0.1, 0.15) is 11.6 Å². The first kappa shape index (κ1) is 11.7. The van der Waals surface area contributed by atoms with Gasteiger partial charge in [-0.2, -0.15) is 4.98 Å². The Morgan fingerprint density at radius 3 is 2.53 bits per heavy atom. The average Bonchev–Trinajstić information content (AvgIpc) is 2.88. The summed E-state index contributed by atoms with van der Waals surface area (Å²) in [6.45, 7) is 0.475. The molecule has 0 spiro atoms. The maximum Gasteiger partial charge on any atom is 0.296 e. The van der Waals surface area contributed by atoms with Crippen LogP contribution in [-0.4, -0.2) is 11.5 Å². The zero-order valence-corrected chi connectivity index (χ0v) is 10.4. The molecule has 0 radical (unpaired) electrons. The van der Waals surface area contributed by atoms with E-state index in [0.29, 0.717) is 12.6 Å². The van der Waals surface area contributed by atoms with Gasteiger partial charge in [0.1, 0.15) is 5.52 Å². The van der Waals surface area contributed by atoms with Crippen molar-refractivity contribution in [1.82, 2.24) is 4.98 Å². The van der Waals surface area contributed by atoms with Gasteiger partial charge in [-0.1, -0.05) is 42.5 Å². The largest absolute Gasteiger partial charge is 0.424 e. The standard InChI is InChI=1S/C15H15N3O/c16-10-13(11-6-2-1-3-7-11)18-15-17-12-8-4-5-9-14(12)19-15/h1-9,13H,10,16H2,(H,17,18). The number of nitrogens with two attached hydrogens (primary N) is 1. The van der Waals surface area contributed by atoms with Gasteiger partial charge in [0.25, 0.3) is 6.01 Å². The summed E-state index contributed by atoms with van der Waals surface area (Å²) < 4.78 is 5.64. The Balaban J connectivity index is 1.86. The zero-order chi connectivity index (χ0) is 13.1. The molecular formula is C15H15N3O. The lowest BCUT2D eigenvalue weighted by Gasteiger charge is -2.15. The molecule has 0 fully saturated rings. The molecule has 0 amide bonds. The number of anilines is 1. The minimum atomic E-state index is -0.00531. The highest BCUT2D eigenvalue weighted by molar-refractivity contribution is 5.74. The van der Waals surface area contributed by atoms with E-state index >= 15 is 0 Å². The number of fused-ring (bicyclic) bond motifs is 1. The van der Waals surface area contributed by atoms with E-state index in [-0.39, 0.29) is 6.04 Å². The van der Waals surface area contributed by atoms with Gasteiger partial charge in [-0.05, 0) is 17.7 Å². The van der Waals surface area contributed by atoms with Gasteiger partial charge >= 0.3 is 0 Å². The highest BCUT2D eigenvalue weighted by atomic mass is 16.4. The molecule has 96 valence electrons. The van der Waals surface area contributed by atoms with Gasteiger partial charge in [0.2, 0.25) is 0 Å². The number of aromatic nitrogens is 1. The van der Waals surface area contributed by atoms with E-state index in [1.54, 1.807) is 0 Å². The number of benzene rings is 2. The summed E-state index contributed by atoms with van der Waals surface area (Å²) in [6, 6.07) is 18.2. The summed E-state index contributed by atoms with van der Waals surface area (Å²) in [5, 5.41) is 3.23. The van der Waals surface area contributed by atoms with Crippen molar-refractivity contribution in [2.75, 3.05) is 11.9 Å². The second-order valence-corrected chi connectivity index (χ2v) is 4.33. The average molecular weight is 253 g/mol. The number of oxazole rings is 1. The van der Waals surface area contributed by atoms with Crippen LogP contribution >= 0.6 is 0 Å². The molecule has 0 aliphatic carbocycles. The van der Waals surface area contributed by atoms with E-state index in [9.17, 15) is 0 Å². The van der Waals surface area contributed by atoms with E-state index < -0.39 is 0 Å². The minimum absolute atomic E-state index is 0.00531. The van der Waals surface area contributed by atoms with Crippen molar-refractivity contribution in [3.63, 3.8) is 0 Å².